The van der Waals surface area contributed by atoms with Crippen LogP contribution in [0, 0.1) is 11.8 Å². The maximum absolute atomic E-state index is 13.0. The zero-order valence-electron chi connectivity index (χ0n) is 19.8. The molecule has 0 radical (unpaired) electrons. The van der Waals surface area contributed by atoms with Crippen molar-refractivity contribution in [1.29, 1.82) is 0 Å². The van der Waals surface area contributed by atoms with Crippen LogP contribution in [0.25, 0.3) is 0 Å². The van der Waals surface area contributed by atoms with Gasteiger partial charge in [0.05, 0.1) is 5.56 Å². The molecule has 1 aromatic carbocycles. The van der Waals surface area contributed by atoms with E-state index >= 15 is 0 Å². The Balaban J connectivity index is 2.18. The number of hydrogen-bond donors (Lipinski definition) is 2. The number of unbranched alkanes of at least 4 members (excludes halogenated alkanes) is 1. The molecule has 6 nitrogen and oxygen atoms in total. The normalized spacial score (nSPS) is 15.5. The van der Waals surface area contributed by atoms with Crippen LogP contribution in [0.1, 0.15) is 76.1 Å². The summed E-state index contributed by atoms with van der Waals surface area (Å²) in [5.74, 6) is 0.672. The van der Waals surface area contributed by atoms with Gasteiger partial charge in [-0.1, -0.05) is 33.6 Å². The first-order valence-corrected chi connectivity index (χ1v) is 12.0. The summed E-state index contributed by atoms with van der Waals surface area (Å²) in [4.78, 5) is 28.1. The van der Waals surface area contributed by atoms with Crippen LogP contribution in [0.15, 0.2) is 18.2 Å². The van der Waals surface area contributed by atoms with Gasteiger partial charge in [-0.2, -0.15) is 0 Å². The van der Waals surface area contributed by atoms with Crippen LogP contribution >= 0.6 is 0 Å². The van der Waals surface area contributed by atoms with E-state index in [0.29, 0.717) is 24.4 Å². The number of anilines is 2. The Morgan fingerprint density at radius 2 is 1.94 bits per heavy atom. The molecule has 1 heterocycles. The van der Waals surface area contributed by atoms with Gasteiger partial charge in [0, 0.05) is 50.6 Å². The number of ether oxygens (including phenoxy) is 1. The molecule has 6 heteroatoms. The first-order valence-electron chi connectivity index (χ1n) is 12.0. The highest BCUT2D eigenvalue weighted by Crippen LogP contribution is 2.29. The molecule has 1 saturated heterocycles. The summed E-state index contributed by atoms with van der Waals surface area (Å²) in [5.41, 5.74) is 2.27. The molecule has 1 aromatic rings. The highest BCUT2D eigenvalue weighted by molar-refractivity contribution is 6.02. The third-order valence-electron chi connectivity index (χ3n) is 6.21. The van der Waals surface area contributed by atoms with E-state index in [1.54, 1.807) is 7.11 Å². The predicted octanol–water partition coefficient (Wildman–Crippen LogP) is 4.84. The summed E-state index contributed by atoms with van der Waals surface area (Å²) in [7, 11) is 1.66. The lowest BCUT2D eigenvalue weighted by atomic mass is 9.97. The topological polar surface area (TPSA) is 70.7 Å². The molecule has 31 heavy (non-hydrogen) atoms. The molecule has 174 valence electrons. The van der Waals surface area contributed by atoms with Crippen molar-refractivity contribution in [1.82, 2.24) is 5.32 Å². The van der Waals surface area contributed by atoms with Crippen molar-refractivity contribution in [2.75, 3.05) is 43.6 Å². The maximum atomic E-state index is 13.0. The van der Waals surface area contributed by atoms with E-state index in [2.05, 4.69) is 36.3 Å². The van der Waals surface area contributed by atoms with E-state index in [4.69, 9.17) is 4.74 Å². The number of piperidine rings is 1. The highest BCUT2D eigenvalue weighted by Gasteiger charge is 2.22. The summed E-state index contributed by atoms with van der Waals surface area (Å²) in [6.07, 6.45) is 6.88. The molecule has 1 atom stereocenters. The van der Waals surface area contributed by atoms with Crippen molar-refractivity contribution in [3.8, 4) is 0 Å². The number of benzene rings is 1. The Labute approximate surface area is 188 Å². The SMILES string of the molecule is CCCCC(CC)C(=O)Nc1ccc(N2CCC(C)CC2)c(C(=O)NCCCOC)c1. The highest BCUT2D eigenvalue weighted by atomic mass is 16.5. The fourth-order valence-corrected chi connectivity index (χ4v) is 4.05. The van der Waals surface area contributed by atoms with E-state index in [0.717, 1.165) is 69.6 Å². The molecule has 1 aliphatic rings. The van der Waals surface area contributed by atoms with Crippen LogP contribution in [-0.2, 0) is 9.53 Å². The summed E-state index contributed by atoms with van der Waals surface area (Å²) in [6.45, 7) is 9.55. The van der Waals surface area contributed by atoms with E-state index in [-0.39, 0.29) is 17.7 Å². The monoisotopic (exact) mass is 431 g/mol. The quantitative estimate of drug-likeness (QED) is 0.464. The van der Waals surface area contributed by atoms with Crippen molar-refractivity contribution in [2.24, 2.45) is 11.8 Å². The average Bonchev–Trinajstić information content (AvgIpc) is 2.77. The molecule has 0 aliphatic carbocycles. The molecule has 0 aromatic heterocycles. The number of methoxy groups -OCH3 is 1. The minimum Gasteiger partial charge on any atom is -0.385 e. The van der Waals surface area contributed by atoms with Gasteiger partial charge in [0.2, 0.25) is 5.91 Å². The smallest absolute Gasteiger partial charge is 0.253 e. The van der Waals surface area contributed by atoms with E-state index in [1.807, 2.05) is 18.2 Å². The lowest BCUT2D eigenvalue weighted by molar-refractivity contribution is -0.120. The number of nitrogens with one attached hydrogen (secondary N) is 2. The molecule has 0 bridgehead atoms. The summed E-state index contributed by atoms with van der Waals surface area (Å²) < 4.78 is 5.08. The van der Waals surface area contributed by atoms with Gasteiger partial charge in [0.15, 0.2) is 0 Å². The van der Waals surface area contributed by atoms with Gasteiger partial charge in [-0.25, -0.2) is 0 Å². The lowest BCUT2D eigenvalue weighted by Crippen LogP contribution is -2.35. The largest absolute Gasteiger partial charge is 0.385 e. The molecule has 2 amide bonds. The Morgan fingerprint density at radius 1 is 1.19 bits per heavy atom. The third kappa shape index (κ3) is 7.84. The predicted molar refractivity (Wildman–Crippen MR) is 128 cm³/mol. The Hall–Kier alpha value is -2.08. The first kappa shape index (κ1) is 25.2. The van der Waals surface area contributed by atoms with Gasteiger partial charge in [0.25, 0.3) is 5.91 Å². The van der Waals surface area contributed by atoms with Gasteiger partial charge in [-0.05, 0) is 56.2 Å². The average molecular weight is 432 g/mol. The van der Waals surface area contributed by atoms with E-state index < -0.39 is 0 Å². The number of carbonyl (C=O) groups excluding carboxylic acids is 2. The van der Waals surface area contributed by atoms with Crippen LogP contribution in [-0.4, -0.2) is 45.2 Å². The minimum absolute atomic E-state index is 0.00882. The van der Waals surface area contributed by atoms with Crippen LogP contribution in [0.2, 0.25) is 0 Å². The van der Waals surface area contributed by atoms with Gasteiger partial charge in [-0.3, -0.25) is 9.59 Å². The van der Waals surface area contributed by atoms with Crippen LogP contribution in [0.3, 0.4) is 0 Å². The van der Waals surface area contributed by atoms with Crippen LogP contribution in [0.4, 0.5) is 11.4 Å². The minimum atomic E-state index is -0.0983. The van der Waals surface area contributed by atoms with Gasteiger partial charge < -0.3 is 20.3 Å². The number of hydrogen-bond acceptors (Lipinski definition) is 4. The second kappa shape index (κ2) is 13.4. The van der Waals surface area contributed by atoms with Crippen molar-refractivity contribution in [2.45, 2.75) is 65.7 Å². The standard InChI is InChI=1S/C25H41N3O3/c1-5-7-9-20(6-2)24(29)27-21-10-11-23(28-15-12-19(3)13-16-28)22(18-21)25(30)26-14-8-17-31-4/h10-11,18-20H,5-9,12-17H2,1-4H3,(H,26,30)(H,27,29). The lowest BCUT2D eigenvalue weighted by Gasteiger charge is -2.33. The molecule has 1 aliphatic heterocycles. The van der Waals surface area contributed by atoms with Gasteiger partial charge in [0.1, 0.15) is 0 Å². The Bertz CT molecular complexity index is 699. The second-order valence-corrected chi connectivity index (χ2v) is 8.74. The van der Waals surface area contributed by atoms with Crippen molar-refractivity contribution in [3.63, 3.8) is 0 Å². The Kier molecular flexibility index (Phi) is 10.9. The summed E-state index contributed by atoms with van der Waals surface area (Å²) in [6, 6.07) is 5.76. The van der Waals surface area contributed by atoms with E-state index in [1.165, 1.54) is 0 Å². The molecular formula is C25H41N3O3. The number of amides is 2. The van der Waals surface area contributed by atoms with Gasteiger partial charge in [-0.15, -0.1) is 0 Å². The molecule has 2 rings (SSSR count). The number of nitrogens with zero attached hydrogens (tertiary/aromatic N) is 1. The number of rotatable bonds is 12. The van der Waals surface area contributed by atoms with Crippen molar-refractivity contribution < 1.29 is 14.3 Å². The van der Waals surface area contributed by atoms with E-state index in [9.17, 15) is 9.59 Å². The molecule has 1 unspecified atom stereocenters. The first-order chi connectivity index (χ1) is 15.0. The number of carbonyl (C=O) groups is 2. The zero-order valence-corrected chi connectivity index (χ0v) is 19.8. The molecular weight excluding hydrogens is 390 g/mol. The molecule has 0 saturated carbocycles. The summed E-state index contributed by atoms with van der Waals surface area (Å²) in [5, 5.41) is 6.06. The Morgan fingerprint density at radius 3 is 2.58 bits per heavy atom. The third-order valence-corrected chi connectivity index (χ3v) is 6.21. The van der Waals surface area contributed by atoms with Crippen LogP contribution < -0.4 is 15.5 Å². The van der Waals surface area contributed by atoms with Gasteiger partial charge >= 0.3 is 0 Å². The fourth-order valence-electron chi connectivity index (χ4n) is 4.05. The van der Waals surface area contributed by atoms with Crippen molar-refractivity contribution in [3.05, 3.63) is 23.8 Å². The molecule has 2 N–H and O–H groups in total. The van der Waals surface area contributed by atoms with Crippen LogP contribution in [0.5, 0.6) is 0 Å². The van der Waals surface area contributed by atoms with Crippen molar-refractivity contribution >= 4 is 23.2 Å². The second-order valence-electron chi connectivity index (χ2n) is 8.74. The zero-order chi connectivity index (χ0) is 22.6. The maximum Gasteiger partial charge on any atom is 0.253 e. The fraction of sp³-hybridized carbons (Fsp3) is 0.680. The molecule has 0 spiro atoms. The molecule has 1 fully saturated rings. The summed E-state index contributed by atoms with van der Waals surface area (Å²) >= 11 is 0.